The Bertz CT molecular complexity index is 1090. The van der Waals surface area contributed by atoms with Gasteiger partial charge in [-0.15, -0.1) is 11.3 Å². The normalized spacial score (nSPS) is 19.0. The average Bonchev–Trinajstić information content (AvgIpc) is 3.40. The van der Waals surface area contributed by atoms with E-state index in [-0.39, 0.29) is 23.0 Å². The molecular weight excluding hydrogens is 408 g/mol. The van der Waals surface area contributed by atoms with E-state index in [4.69, 9.17) is 0 Å². The maximum Gasteiger partial charge on any atom is 0.261 e. The summed E-state index contributed by atoms with van der Waals surface area (Å²) < 4.78 is 27.5. The summed E-state index contributed by atoms with van der Waals surface area (Å²) in [5, 5.41) is 4.94. The van der Waals surface area contributed by atoms with Crippen molar-refractivity contribution in [3.05, 3.63) is 82.6 Å². The first-order chi connectivity index (χ1) is 14.0. The fourth-order valence-electron chi connectivity index (χ4n) is 3.11. The predicted molar refractivity (Wildman–Crippen MR) is 113 cm³/mol. The van der Waals surface area contributed by atoms with Gasteiger partial charge in [-0.3, -0.25) is 9.52 Å². The number of benzene rings is 2. The molecule has 0 saturated carbocycles. The first kappa shape index (κ1) is 19.6. The SMILES string of the molecule is O=C(NC1CC(c2cccs2)NN1)c1cccc(NS(=O)(=O)c2ccccc2)c1. The Hall–Kier alpha value is -2.72. The number of anilines is 1. The molecule has 1 aliphatic heterocycles. The van der Waals surface area contributed by atoms with E-state index in [2.05, 4.69) is 27.0 Å². The van der Waals surface area contributed by atoms with Crippen LogP contribution in [0.1, 0.15) is 27.7 Å². The van der Waals surface area contributed by atoms with Crippen molar-refractivity contribution >= 4 is 33.0 Å². The van der Waals surface area contributed by atoms with E-state index in [9.17, 15) is 13.2 Å². The summed E-state index contributed by atoms with van der Waals surface area (Å²) in [5.74, 6) is -0.281. The quantitative estimate of drug-likeness (QED) is 0.484. The lowest BCUT2D eigenvalue weighted by Gasteiger charge is -2.13. The van der Waals surface area contributed by atoms with E-state index in [1.807, 2.05) is 11.4 Å². The van der Waals surface area contributed by atoms with Crippen molar-refractivity contribution in [3.8, 4) is 0 Å². The van der Waals surface area contributed by atoms with Crippen molar-refractivity contribution in [2.75, 3.05) is 4.72 Å². The summed E-state index contributed by atoms with van der Waals surface area (Å²) in [6, 6.07) is 18.7. The summed E-state index contributed by atoms with van der Waals surface area (Å²) in [6.07, 6.45) is 0.492. The van der Waals surface area contributed by atoms with Crippen molar-refractivity contribution in [1.29, 1.82) is 0 Å². The molecule has 0 bridgehead atoms. The second-order valence-electron chi connectivity index (χ2n) is 6.62. The molecule has 1 amide bonds. The van der Waals surface area contributed by atoms with E-state index < -0.39 is 10.0 Å². The van der Waals surface area contributed by atoms with Crippen LogP contribution in [0.3, 0.4) is 0 Å². The van der Waals surface area contributed by atoms with Crippen LogP contribution in [0.15, 0.2) is 77.0 Å². The maximum atomic E-state index is 12.6. The zero-order valence-corrected chi connectivity index (χ0v) is 17.0. The van der Waals surface area contributed by atoms with Gasteiger partial charge in [0, 0.05) is 22.5 Å². The van der Waals surface area contributed by atoms with Crippen LogP contribution in [0.25, 0.3) is 0 Å². The van der Waals surface area contributed by atoms with Crippen LogP contribution in [0.2, 0.25) is 0 Å². The lowest BCUT2D eigenvalue weighted by atomic mass is 10.1. The van der Waals surface area contributed by atoms with E-state index in [0.29, 0.717) is 17.7 Å². The first-order valence-corrected chi connectivity index (χ1v) is 11.4. The molecule has 2 atom stereocenters. The molecule has 150 valence electrons. The zero-order valence-electron chi connectivity index (χ0n) is 15.3. The molecule has 0 aliphatic carbocycles. The molecular formula is C20H20N4O3S2. The third-order valence-corrected chi connectivity index (χ3v) is 6.91. The molecule has 7 nitrogen and oxygen atoms in total. The number of thiophene rings is 1. The van der Waals surface area contributed by atoms with Crippen LogP contribution in [-0.2, 0) is 10.0 Å². The molecule has 1 aromatic heterocycles. The van der Waals surface area contributed by atoms with E-state index in [0.717, 1.165) is 0 Å². The number of rotatable bonds is 6. The summed E-state index contributed by atoms with van der Waals surface area (Å²) in [5.41, 5.74) is 6.97. The van der Waals surface area contributed by atoms with Crippen molar-refractivity contribution in [1.82, 2.24) is 16.2 Å². The zero-order chi connectivity index (χ0) is 20.3. The molecule has 3 aromatic rings. The Morgan fingerprint density at radius 2 is 1.83 bits per heavy atom. The molecule has 4 rings (SSSR count). The van der Waals surface area contributed by atoms with Gasteiger partial charge in [-0.25, -0.2) is 19.3 Å². The van der Waals surface area contributed by atoms with Gasteiger partial charge in [0.2, 0.25) is 0 Å². The number of hydrazine groups is 1. The van der Waals surface area contributed by atoms with Crippen LogP contribution in [0.4, 0.5) is 5.69 Å². The van der Waals surface area contributed by atoms with E-state index in [1.54, 1.807) is 47.7 Å². The molecule has 4 N–H and O–H groups in total. The summed E-state index contributed by atoms with van der Waals surface area (Å²) in [6.45, 7) is 0. The lowest BCUT2D eigenvalue weighted by Crippen LogP contribution is -2.44. The van der Waals surface area contributed by atoms with Gasteiger partial charge in [-0.1, -0.05) is 30.3 Å². The summed E-state index contributed by atoms with van der Waals surface area (Å²) in [7, 11) is -3.71. The van der Waals surface area contributed by atoms with E-state index in [1.165, 1.54) is 23.1 Å². The largest absolute Gasteiger partial charge is 0.335 e. The minimum Gasteiger partial charge on any atom is -0.335 e. The van der Waals surface area contributed by atoms with E-state index >= 15 is 0 Å². The summed E-state index contributed by atoms with van der Waals surface area (Å²) in [4.78, 5) is 14.0. The maximum absolute atomic E-state index is 12.6. The molecule has 9 heteroatoms. The molecule has 0 radical (unpaired) electrons. The molecule has 2 heterocycles. The predicted octanol–water partition coefficient (Wildman–Crippen LogP) is 2.84. The number of amides is 1. The Balaban J connectivity index is 1.41. The average molecular weight is 429 g/mol. The van der Waals surface area contributed by atoms with Crippen LogP contribution in [-0.4, -0.2) is 20.5 Å². The fraction of sp³-hybridized carbons (Fsp3) is 0.150. The van der Waals surface area contributed by atoms with Crippen LogP contribution in [0, 0.1) is 0 Å². The number of hydrogen-bond donors (Lipinski definition) is 4. The van der Waals surface area contributed by atoms with Crippen molar-refractivity contribution < 1.29 is 13.2 Å². The number of sulfonamides is 1. The number of hydrogen-bond acceptors (Lipinski definition) is 6. The standard InChI is InChI=1S/C20H20N4O3S2/c25-20(21-19-13-17(22-23-19)18-10-5-11-28-18)14-6-4-7-15(12-14)24-29(26,27)16-8-2-1-3-9-16/h1-12,17,19,22-24H,13H2,(H,21,25). The highest BCUT2D eigenvalue weighted by Crippen LogP contribution is 2.25. The minimum atomic E-state index is -3.71. The number of nitrogens with one attached hydrogen (secondary N) is 4. The number of carbonyl (C=O) groups is 1. The highest BCUT2D eigenvalue weighted by Gasteiger charge is 2.27. The van der Waals surface area contributed by atoms with Crippen LogP contribution >= 0.6 is 11.3 Å². The van der Waals surface area contributed by atoms with Gasteiger partial charge in [0.15, 0.2) is 0 Å². The molecule has 29 heavy (non-hydrogen) atoms. The van der Waals surface area contributed by atoms with Gasteiger partial charge in [0.1, 0.15) is 0 Å². The monoisotopic (exact) mass is 428 g/mol. The molecule has 1 saturated heterocycles. The van der Waals surface area contributed by atoms with Gasteiger partial charge in [0.25, 0.3) is 15.9 Å². The second kappa shape index (κ2) is 8.34. The second-order valence-corrected chi connectivity index (χ2v) is 9.28. The molecule has 1 aliphatic rings. The Labute approximate surface area is 173 Å². The topological polar surface area (TPSA) is 99.3 Å². The third-order valence-electron chi connectivity index (χ3n) is 4.53. The van der Waals surface area contributed by atoms with Crippen LogP contribution < -0.4 is 20.9 Å². The third kappa shape index (κ3) is 4.65. The fourth-order valence-corrected chi connectivity index (χ4v) is 4.97. The Morgan fingerprint density at radius 1 is 1.00 bits per heavy atom. The lowest BCUT2D eigenvalue weighted by molar-refractivity contribution is 0.0932. The van der Waals surface area contributed by atoms with Gasteiger partial charge < -0.3 is 5.32 Å². The smallest absolute Gasteiger partial charge is 0.261 e. The van der Waals surface area contributed by atoms with Crippen molar-refractivity contribution in [2.24, 2.45) is 0 Å². The van der Waals surface area contributed by atoms with Gasteiger partial charge in [-0.05, 0) is 41.8 Å². The van der Waals surface area contributed by atoms with Gasteiger partial charge >= 0.3 is 0 Å². The van der Waals surface area contributed by atoms with Crippen LogP contribution in [0.5, 0.6) is 0 Å². The highest BCUT2D eigenvalue weighted by molar-refractivity contribution is 7.92. The summed E-state index contributed by atoms with van der Waals surface area (Å²) >= 11 is 1.66. The highest BCUT2D eigenvalue weighted by atomic mass is 32.2. The van der Waals surface area contributed by atoms with Crippen molar-refractivity contribution in [3.63, 3.8) is 0 Å². The first-order valence-electron chi connectivity index (χ1n) is 9.04. The molecule has 2 unspecified atom stereocenters. The Kier molecular flexibility index (Phi) is 5.63. The molecule has 0 spiro atoms. The minimum absolute atomic E-state index is 0.143. The number of carbonyl (C=O) groups excluding carboxylic acids is 1. The van der Waals surface area contributed by atoms with Crippen molar-refractivity contribution in [2.45, 2.75) is 23.5 Å². The van der Waals surface area contributed by atoms with Gasteiger partial charge in [-0.2, -0.15) is 0 Å². The Morgan fingerprint density at radius 3 is 2.59 bits per heavy atom. The molecule has 2 aromatic carbocycles. The van der Waals surface area contributed by atoms with Gasteiger partial charge in [0.05, 0.1) is 17.1 Å². The molecule has 1 fully saturated rings.